The molecule has 0 saturated heterocycles. The number of nitrogens with zero attached hydrogens (tertiary/aromatic N) is 4. The van der Waals surface area contributed by atoms with Crippen molar-refractivity contribution in [1.29, 1.82) is 0 Å². The van der Waals surface area contributed by atoms with E-state index < -0.39 is 11.8 Å². The van der Waals surface area contributed by atoms with E-state index in [2.05, 4.69) is 24.5 Å². The number of rotatable bonds is 3. The molecule has 1 aliphatic carbocycles. The molecule has 0 aromatic carbocycles. The van der Waals surface area contributed by atoms with E-state index in [1.54, 1.807) is 23.9 Å². The Kier molecular flexibility index (Phi) is 4.20. The fourth-order valence-electron chi connectivity index (χ4n) is 2.33. The molecular weight excluding hydrogens is 316 g/mol. The second-order valence-electron chi connectivity index (χ2n) is 5.30. The molecule has 23 heavy (non-hydrogen) atoms. The van der Waals surface area contributed by atoms with Crippen LogP contribution in [0.1, 0.15) is 11.3 Å². The first-order chi connectivity index (χ1) is 11.0. The first-order valence-electron chi connectivity index (χ1n) is 7.08. The molecule has 0 fully saturated rings. The van der Waals surface area contributed by atoms with Gasteiger partial charge in [-0.1, -0.05) is 6.08 Å². The maximum atomic E-state index is 11.9. The van der Waals surface area contributed by atoms with Gasteiger partial charge in [-0.2, -0.15) is 5.10 Å². The largest absolute Gasteiger partial charge is 0.344 e. The fourth-order valence-corrected chi connectivity index (χ4v) is 2.98. The highest BCUT2D eigenvalue weighted by Gasteiger charge is 2.24. The monoisotopic (exact) mass is 332 g/mol. The number of allylic oxidation sites excluding steroid dienone is 1. The predicted octanol–water partition coefficient (Wildman–Crippen LogP) is 0.115. The molecule has 9 heteroatoms. The van der Waals surface area contributed by atoms with Crippen molar-refractivity contribution in [3.8, 4) is 0 Å². The number of carbonyl (C=O) groups is 2. The number of hydrogen-bond acceptors (Lipinski definition) is 5. The first kappa shape index (κ1) is 15.3. The van der Waals surface area contributed by atoms with Crippen LogP contribution in [0.3, 0.4) is 0 Å². The van der Waals surface area contributed by atoms with Gasteiger partial charge in [0.05, 0.1) is 17.0 Å². The van der Waals surface area contributed by atoms with Crippen molar-refractivity contribution in [3.63, 3.8) is 0 Å². The minimum atomic E-state index is -0.705. The number of aromatic nitrogens is 2. The first-order valence-corrected chi connectivity index (χ1v) is 7.81. The molecule has 0 radical (unpaired) electrons. The SMILES string of the molecule is Cc1nn(C)cc1CNC(=O)C(=O)NC1=C[C@H]2N=S=N[C@@H]2C=C1. The third kappa shape index (κ3) is 3.45. The van der Waals surface area contributed by atoms with Crippen LogP contribution in [0.25, 0.3) is 0 Å². The summed E-state index contributed by atoms with van der Waals surface area (Å²) in [5.74, 6) is -1.39. The maximum Gasteiger partial charge on any atom is 0.313 e. The van der Waals surface area contributed by atoms with Gasteiger partial charge in [0.25, 0.3) is 0 Å². The Hall–Kier alpha value is -2.55. The minimum absolute atomic E-state index is 0.0167. The van der Waals surface area contributed by atoms with Crippen molar-refractivity contribution < 1.29 is 9.59 Å². The summed E-state index contributed by atoms with van der Waals surface area (Å²) in [4.78, 5) is 23.8. The summed E-state index contributed by atoms with van der Waals surface area (Å²) in [6.07, 6.45) is 7.20. The fraction of sp³-hybridized carbons (Fsp3) is 0.357. The molecule has 2 heterocycles. The van der Waals surface area contributed by atoms with Crippen molar-refractivity contribution in [2.24, 2.45) is 15.8 Å². The van der Waals surface area contributed by atoms with Gasteiger partial charge in [0.1, 0.15) is 12.1 Å². The van der Waals surface area contributed by atoms with E-state index in [4.69, 9.17) is 0 Å². The zero-order valence-electron chi connectivity index (χ0n) is 12.7. The third-order valence-corrected chi connectivity index (χ3v) is 4.20. The molecule has 120 valence electrons. The summed E-state index contributed by atoms with van der Waals surface area (Å²) in [6, 6.07) is -0.0653. The van der Waals surface area contributed by atoms with Gasteiger partial charge in [-0.3, -0.25) is 14.3 Å². The van der Waals surface area contributed by atoms with E-state index in [0.717, 1.165) is 11.3 Å². The number of hydrogen-bond donors (Lipinski definition) is 2. The average molecular weight is 332 g/mol. The molecule has 1 aromatic heterocycles. The van der Waals surface area contributed by atoms with Gasteiger partial charge < -0.3 is 10.6 Å². The summed E-state index contributed by atoms with van der Waals surface area (Å²) in [6.45, 7) is 2.11. The second kappa shape index (κ2) is 6.29. The lowest BCUT2D eigenvalue weighted by Crippen LogP contribution is -2.39. The van der Waals surface area contributed by atoms with Crippen LogP contribution in [-0.4, -0.2) is 33.7 Å². The van der Waals surface area contributed by atoms with Crippen LogP contribution < -0.4 is 10.6 Å². The summed E-state index contributed by atoms with van der Waals surface area (Å²) >= 11 is 1.17. The Bertz CT molecular complexity index is 787. The number of carbonyl (C=O) groups excluding carboxylic acids is 2. The van der Waals surface area contributed by atoms with Crippen LogP contribution >= 0.6 is 0 Å². The van der Waals surface area contributed by atoms with Gasteiger partial charge in [-0.15, -0.1) is 0 Å². The van der Waals surface area contributed by atoms with E-state index in [0.29, 0.717) is 5.70 Å². The Morgan fingerprint density at radius 1 is 1.30 bits per heavy atom. The summed E-state index contributed by atoms with van der Waals surface area (Å²) in [7, 11) is 1.80. The van der Waals surface area contributed by atoms with E-state index in [1.807, 2.05) is 19.2 Å². The van der Waals surface area contributed by atoms with Crippen molar-refractivity contribution in [3.05, 3.63) is 41.4 Å². The molecule has 0 bridgehead atoms. The number of nitrogens with one attached hydrogen (secondary N) is 2. The standard InChI is InChI=1S/C14H16N6O2S/c1-8-9(7-20(2)17-8)6-15-13(21)14(22)16-10-3-4-11-12(5-10)19-23-18-11/h3-5,7,11-12H,6H2,1-2H3,(H,15,21)(H,16,22)/t11-,12-/m1/s1. The lowest BCUT2D eigenvalue weighted by Gasteiger charge is -2.15. The summed E-state index contributed by atoms with van der Waals surface area (Å²) < 4.78 is 10.1. The number of fused-ring (bicyclic) bond motifs is 1. The Morgan fingerprint density at radius 2 is 2.09 bits per heavy atom. The number of aryl methyl sites for hydroxylation is 2. The molecule has 1 aliphatic heterocycles. The molecule has 3 rings (SSSR count). The summed E-state index contributed by atoms with van der Waals surface area (Å²) in [5, 5.41) is 9.35. The topological polar surface area (TPSA) is 101 Å². The van der Waals surface area contributed by atoms with Gasteiger partial charge in [0.2, 0.25) is 0 Å². The third-order valence-electron chi connectivity index (χ3n) is 3.53. The maximum absolute atomic E-state index is 11.9. The molecule has 0 unspecified atom stereocenters. The van der Waals surface area contributed by atoms with Gasteiger partial charge in [-0.25, -0.2) is 8.73 Å². The lowest BCUT2D eigenvalue weighted by molar-refractivity contribution is -0.138. The number of amides is 2. The molecule has 2 atom stereocenters. The average Bonchev–Trinajstić information content (AvgIpc) is 3.10. The van der Waals surface area contributed by atoms with Gasteiger partial charge in [-0.05, 0) is 19.1 Å². The molecule has 2 N–H and O–H groups in total. The smallest absolute Gasteiger partial charge is 0.313 e. The molecule has 1 aromatic rings. The van der Waals surface area contributed by atoms with Gasteiger partial charge in [0.15, 0.2) is 0 Å². The van der Waals surface area contributed by atoms with Crippen LogP contribution in [0.2, 0.25) is 0 Å². The van der Waals surface area contributed by atoms with E-state index in [9.17, 15) is 9.59 Å². The zero-order valence-corrected chi connectivity index (χ0v) is 13.5. The highest BCUT2D eigenvalue weighted by atomic mass is 32.1. The van der Waals surface area contributed by atoms with Crippen LogP contribution in [-0.2, 0) is 34.5 Å². The van der Waals surface area contributed by atoms with Crippen LogP contribution in [0.15, 0.2) is 38.8 Å². The van der Waals surface area contributed by atoms with Gasteiger partial charge in [0, 0.05) is 31.0 Å². The van der Waals surface area contributed by atoms with Gasteiger partial charge >= 0.3 is 11.8 Å². The Labute approximate surface area is 136 Å². The quantitative estimate of drug-likeness (QED) is 0.769. The normalized spacial score (nSPS) is 21.4. The van der Waals surface area contributed by atoms with Crippen LogP contribution in [0, 0.1) is 6.92 Å². The highest BCUT2D eigenvalue weighted by Crippen LogP contribution is 2.18. The molecule has 8 nitrogen and oxygen atoms in total. The Balaban J connectivity index is 1.54. The van der Waals surface area contributed by atoms with Crippen molar-refractivity contribution in [1.82, 2.24) is 20.4 Å². The molecule has 2 aliphatic rings. The lowest BCUT2D eigenvalue weighted by atomic mass is 10.0. The van der Waals surface area contributed by atoms with Crippen molar-refractivity contribution in [2.45, 2.75) is 25.6 Å². The second-order valence-corrected chi connectivity index (χ2v) is 5.89. The Morgan fingerprint density at radius 3 is 2.83 bits per heavy atom. The van der Waals surface area contributed by atoms with E-state index in [1.165, 1.54) is 11.4 Å². The molecular formula is C14H16N6O2S. The van der Waals surface area contributed by atoms with Crippen molar-refractivity contribution in [2.75, 3.05) is 0 Å². The minimum Gasteiger partial charge on any atom is -0.344 e. The predicted molar refractivity (Wildman–Crippen MR) is 85.0 cm³/mol. The van der Waals surface area contributed by atoms with E-state index >= 15 is 0 Å². The van der Waals surface area contributed by atoms with E-state index in [-0.39, 0.29) is 18.6 Å². The van der Waals surface area contributed by atoms with Crippen molar-refractivity contribution >= 4 is 23.2 Å². The summed E-state index contributed by atoms with van der Waals surface area (Å²) in [5.41, 5.74) is 2.25. The molecule has 0 saturated carbocycles. The van der Waals surface area contributed by atoms with Crippen LogP contribution in [0.4, 0.5) is 0 Å². The molecule has 0 spiro atoms. The zero-order chi connectivity index (χ0) is 16.4. The highest BCUT2D eigenvalue weighted by molar-refractivity contribution is 7.57. The van der Waals surface area contributed by atoms with Crippen LogP contribution in [0.5, 0.6) is 0 Å². The molecule has 2 amide bonds.